The predicted octanol–water partition coefficient (Wildman–Crippen LogP) is 5.03. The van der Waals surface area contributed by atoms with Crippen LogP contribution in [0.2, 0.25) is 5.28 Å². The zero-order valence-corrected chi connectivity index (χ0v) is 13.8. The van der Waals surface area contributed by atoms with Gasteiger partial charge < -0.3 is 5.32 Å². The number of halogens is 2. The molecule has 6 heteroatoms. The summed E-state index contributed by atoms with van der Waals surface area (Å²) in [5, 5.41) is 4.63. The van der Waals surface area contributed by atoms with E-state index in [0.717, 1.165) is 20.5 Å². The Kier molecular flexibility index (Phi) is 3.92. The monoisotopic (exact) mass is 367 g/mol. The van der Waals surface area contributed by atoms with Gasteiger partial charge in [-0.3, -0.25) is 0 Å². The van der Waals surface area contributed by atoms with Crippen LogP contribution in [-0.4, -0.2) is 9.97 Å². The van der Waals surface area contributed by atoms with Gasteiger partial charge in [-0.25, -0.2) is 9.97 Å². The van der Waals surface area contributed by atoms with E-state index in [1.807, 2.05) is 18.2 Å². The van der Waals surface area contributed by atoms with E-state index in [-0.39, 0.29) is 5.28 Å². The Morgan fingerprint density at radius 2 is 2.10 bits per heavy atom. The van der Waals surface area contributed by atoms with Gasteiger partial charge in [0.1, 0.15) is 10.6 Å². The zero-order valence-electron chi connectivity index (χ0n) is 10.7. The van der Waals surface area contributed by atoms with Gasteiger partial charge in [0.2, 0.25) is 5.28 Å². The highest BCUT2D eigenvalue weighted by atomic mass is 79.9. The Morgan fingerprint density at radius 1 is 1.30 bits per heavy atom. The number of rotatable bonds is 3. The number of hydrogen-bond donors (Lipinski definition) is 1. The highest BCUT2D eigenvalue weighted by Crippen LogP contribution is 2.30. The van der Waals surface area contributed by atoms with Gasteiger partial charge in [-0.15, -0.1) is 11.3 Å². The molecule has 0 fully saturated rings. The molecule has 0 bridgehead atoms. The first-order valence-electron chi connectivity index (χ1n) is 6.04. The summed E-state index contributed by atoms with van der Waals surface area (Å²) < 4.78 is 1.07. The van der Waals surface area contributed by atoms with Crippen LogP contribution in [0.4, 0.5) is 5.82 Å². The number of anilines is 1. The fraction of sp³-hybridized carbons (Fsp3) is 0.143. The fourth-order valence-corrected chi connectivity index (χ4v) is 3.49. The smallest absolute Gasteiger partial charge is 0.225 e. The molecule has 0 saturated carbocycles. The lowest BCUT2D eigenvalue weighted by atomic mass is 10.2. The van der Waals surface area contributed by atoms with E-state index < -0.39 is 0 Å². The average Bonchev–Trinajstić information content (AvgIpc) is 2.77. The third-order valence-electron chi connectivity index (χ3n) is 2.89. The molecule has 20 heavy (non-hydrogen) atoms. The first-order chi connectivity index (χ1) is 9.63. The lowest BCUT2D eigenvalue weighted by Gasteiger charge is -2.08. The third-order valence-corrected chi connectivity index (χ3v) is 4.78. The molecule has 1 N–H and O–H groups in total. The average molecular weight is 369 g/mol. The minimum atomic E-state index is 0.272. The first-order valence-corrected chi connectivity index (χ1v) is 8.03. The Morgan fingerprint density at radius 3 is 2.90 bits per heavy atom. The summed E-state index contributed by atoms with van der Waals surface area (Å²) in [7, 11) is 0. The summed E-state index contributed by atoms with van der Waals surface area (Å²) in [4.78, 5) is 10.7. The second-order valence-corrected chi connectivity index (χ2v) is 6.79. The molecule has 2 heterocycles. The van der Waals surface area contributed by atoms with Crippen molar-refractivity contribution in [1.82, 2.24) is 9.97 Å². The molecule has 3 rings (SSSR count). The van der Waals surface area contributed by atoms with Crippen LogP contribution in [0.3, 0.4) is 0 Å². The Balaban J connectivity index is 1.93. The number of thiophene rings is 1. The highest BCUT2D eigenvalue weighted by Gasteiger charge is 2.10. The molecule has 3 nitrogen and oxygen atoms in total. The highest BCUT2D eigenvalue weighted by molar-refractivity contribution is 9.10. The zero-order chi connectivity index (χ0) is 14.1. The molecule has 0 atom stereocenters. The van der Waals surface area contributed by atoms with E-state index in [1.54, 1.807) is 11.3 Å². The van der Waals surface area contributed by atoms with Crippen molar-refractivity contribution in [2.75, 3.05) is 5.32 Å². The van der Waals surface area contributed by atoms with Crippen LogP contribution < -0.4 is 5.32 Å². The second kappa shape index (κ2) is 5.68. The number of aromatic nitrogens is 2. The van der Waals surface area contributed by atoms with Crippen molar-refractivity contribution >= 4 is 54.9 Å². The van der Waals surface area contributed by atoms with E-state index in [1.165, 1.54) is 10.4 Å². The van der Waals surface area contributed by atoms with E-state index >= 15 is 0 Å². The molecular weight excluding hydrogens is 358 g/mol. The maximum Gasteiger partial charge on any atom is 0.225 e. The van der Waals surface area contributed by atoms with E-state index in [9.17, 15) is 0 Å². The molecule has 0 aliphatic rings. The number of hydrogen-bond acceptors (Lipinski definition) is 4. The van der Waals surface area contributed by atoms with Gasteiger partial charge in [-0.1, -0.05) is 34.1 Å². The molecule has 2 aromatic heterocycles. The van der Waals surface area contributed by atoms with Crippen LogP contribution in [0.15, 0.2) is 34.8 Å². The van der Waals surface area contributed by atoms with Gasteiger partial charge in [0.05, 0.1) is 5.39 Å². The van der Waals surface area contributed by atoms with Gasteiger partial charge in [0.25, 0.3) is 0 Å². The third kappa shape index (κ3) is 2.80. The van der Waals surface area contributed by atoms with Crippen LogP contribution in [-0.2, 0) is 6.54 Å². The van der Waals surface area contributed by atoms with E-state index in [2.05, 4.69) is 50.3 Å². The number of benzene rings is 1. The van der Waals surface area contributed by atoms with Crippen molar-refractivity contribution in [3.8, 4) is 0 Å². The number of nitrogens with one attached hydrogen (secondary N) is 1. The Bertz CT molecular complexity index is 772. The molecule has 0 saturated heterocycles. The standard InChI is InChI=1S/C14H11BrClN3S/c1-8-6-10-12(18-14(16)19-13(10)20-8)17-7-9-4-2-3-5-11(9)15/h2-6H,7H2,1H3,(H,17,18,19). The largest absolute Gasteiger partial charge is 0.365 e. The van der Waals surface area contributed by atoms with Gasteiger partial charge >= 0.3 is 0 Å². The Labute approximate surface area is 134 Å². The van der Waals surface area contributed by atoms with Crippen LogP contribution in [0.25, 0.3) is 10.2 Å². The summed E-state index contributed by atoms with van der Waals surface area (Å²) in [5.74, 6) is 0.778. The quantitative estimate of drug-likeness (QED) is 0.659. The normalized spacial score (nSPS) is 10.9. The maximum absolute atomic E-state index is 5.98. The van der Waals surface area contributed by atoms with Crippen molar-refractivity contribution in [2.24, 2.45) is 0 Å². The van der Waals surface area contributed by atoms with Crippen LogP contribution in [0, 0.1) is 6.92 Å². The van der Waals surface area contributed by atoms with Gasteiger partial charge in [0, 0.05) is 15.9 Å². The first kappa shape index (κ1) is 13.8. The molecule has 0 spiro atoms. The van der Waals surface area contributed by atoms with Crippen molar-refractivity contribution in [1.29, 1.82) is 0 Å². The summed E-state index contributed by atoms with van der Waals surface area (Å²) in [5.41, 5.74) is 1.17. The van der Waals surface area contributed by atoms with E-state index in [0.29, 0.717) is 6.54 Å². The Hall–Kier alpha value is -1.17. The number of aryl methyl sites for hydroxylation is 1. The SMILES string of the molecule is Cc1cc2c(NCc3ccccc3Br)nc(Cl)nc2s1. The van der Waals surface area contributed by atoms with Crippen molar-refractivity contribution < 1.29 is 0 Å². The lowest BCUT2D eigenvalue weighted by molar-refractivity contribution is 1.10. The predicted molar refractivity (Wildman–Crippen MR) is 88.6 cm³/mol. The minimum absolute atomic E-state index is 0.272. The van der Waals surface area contributed by atoms with Crippen LogP contribution in [0.1, 0.15) is 10.4 Å². The molecule has 1 aromatic carbocycles. The van der Waals surface area contributed by atoms with Crippen molar-refractivity contribution in [3.63, 3.8) is 0 Å². The summed E-state index contributed by atoms with van der Waals surface area (Å²) in [6, 6.07) is 10.2. The summed E-state index contributed by atoms with van der Waals surface area (Å²) in [6.45, 7) is 2.73. The molecule has 0 unspecified atom stereocenters. The summed E-state index contributed by atoms with van der Waals surface area (Å²) >= 11 is 11.1. The summed E-state index contributed by atoms with van der Waals surface area (Å²) in [6.07, 6.45) is 0. The second-order valence-electron chi connectivity index (χ2n) is 4.36. The molecular formula is C14H11BrClN3S. The van der Waals surface area contributed by atoms with Crippen LogP contribution >= 0.6 is 38.9 Å². The maximum atomic E-state index is 5.98. The molecule has 0 radical (unpaired) electrons. The lowest BCUT2D eigenvalue weighted by Crippen LogP contribution is -2.03. The number of nitrogens with zero attached hydrogens (tertiary/aromatic N) is 2. The van der Waals surface area contributed by atoms with Gasteiger partial charge in [-0.05, 0) is 36.2 Å². The topological polar surface area (TPSA) is 37.8 Å². The van der Waals surface area contributed by atoms with E-state index in [4.69, 9.17) is 11.6 Å². The molecule has 3 aromatic rings. The fourth-order valence-electron chi connectivity index (χ4n) is 1.97. The van der Waals surface area contributed by atoms with Crippen molar-refractivity contribution in [2.45, 2.75) is 13.5 Å². The molecule has 0 amide bonds. The molecule has 0 aliphatic heterocycles. The molecule has 0 aliphatic carbocycles. The molecule has 102 valence electrons. The number of fused-ring (bicyclic) bond motifs is 1. The van der Waals surface area contributed by atoms with Gasteiger partial charge in [-0.2, -0.15) is 0 Å². The van der Waals surface area contributed by atoms with Crippen molar-refractivity contribution in [3.05, 3.63) is 50.5 Å². The van der Waals surface area contributed by atoms with Gasteiger partial charge in [0.15, 0.2) is 0 Å². The minimum Gasteiger partial charge on any atom is -0.365 e. The van der Waals surface area contributed by atoms with Crippen LogP contribution in [0.5, 0.6) is 0 Å².